The van der Waals surface area contributed by atoms with E-state index in [2.05, 4.69) is 0 Å². The quantitative estimate of drug-likeness (QED) is 0.349. The van der Waals surface area contributed by atoms with E-state index < -0.39 is 93.2 Å². The minimum atomic E-state index is -2.53. The van der Waals surface area contributed by atoms with Gasteiger partial charge >= 0.3 is 23.9 Å². The fourth-order valence-electron chi connectivity index (χ4n) is 9.97. The molecule has 2 bridgehead atoms. The van der Waals surface area contributed by atoms with Crippen LogP contribution in [0, 0.1) is 34.0 Å². The molecule has 0 radical (unpaired) electrons. The number of carbonyl (C=O) groups is 4. The Labute approximate surface area is 261 Å². The molecule has 2 aliphatic carbocycles. The molecule has 2 saturated heterocycles. The molecule has 3 aliphatic heterocycles. The van der Waals surface area contributed by atoms with Gasteiger partial charge in [0.25, 0.3) is 0 Å². The lowest BCUT2D eigenvalue weighted by Gasteiger charge is -2.69. The highest BCUT2D eigenvalue weighted by Crippen LogP contribution is 2.82. The molecule has 1 aromatic heterocycles. The molecule has 0 amide bonds. The van der Waals surface area contributed by atoms with Crippen molar-refractivity contribution in [3.8, 4) is 0 Å². The van der Waals surface area contributed by atoms with Crippen LogP contribution < -0.4 is 0 Å². The van der Waals surface area contributed by atoms with E-state index in [4.69, 9.17) is 28.1 Å². The molecule has 5 aliphatic rings. The van der Waals surface area contributed by atoms with Crippen LogP contribution in [0.25, 0.3) is 0 Å². The van der Waals surface area contributed by atoms with Crippen molar-refractivity contribution < 1.29 is 57.5 Å². The van der Waals surface area contributed by atoms with E-state index in [0.29, 0.717) is 24.0 Å². The molecule has 2 unspecified atom stereocenters. The van der Waals surface area contributed by atoms with Crippen molar-refractivity contribution in [2.45, 2.75) is 103 Å². The second kappa shape index (κ2) is 9.65. The third-order valence-electron chi connectivity index (χ3n) is 11.8. The number of furan rings is 1. The summed E-state index contributed by atoms with van der Waals surface area (Å²) < 4.78 is 35.2. The van der Waals surface area contributed by atoms with Gasteiger partial charge in [-0.05, 0) is 30.4 Å². The predicted octanol–water partition coefficient (Wildman–Crippen LogP) is 3.15. The highest BCUT2D eigenvalue weighted by Gasteiger charge is 2.96. The van der Waals surface area contributed by atoms with Gasteiger partial charge < -0.3 is 38.3 Å². The number of ether oxygens (including phenoxy) is 5. The predicted molar refractivity (Wildman–Crippen MR) is 152 cm³/mol. The average Bonchev–Trinajstić information content (AvgIpc) is 3.61. The van der Waals surface area contributed by atoms with Crippen molar-refractivity contribution in [3.63, 3.8) is 0 Å². The van der Waals surface area contributed by atoms with Crippen LogP contribution in [0.3, 0.4) is 0 Å². The van der Waals surface area contributed by atoms with E-state index >= 15 is 0 Å². The van der Waals surface area contributed by atoms with Crippen LogP contribution in [0.15, 0.2) is 34.7 Å². The van der Waals surface area contributed by atoms with Crippen molar-refractivity contribution in [2.24, 2.45) is 34.0 Å². The summed E-state index contributed by atoms with van der Waals surface area (Å²) in [5.74, 6) is -7.30. The van der Waals surface area contributed by atoms with Gasteiger partial charge in [-0.2, -0.15) is 0 Å². The van der Waals surface area contributed by atoms with Crippen molar-refractivity contribution in [3.05, 3.63) is 35.8 Å². The lowest BCUT2D eigenvalue weighted by Crippen LogP contribution is -2.84. The van der Waals surface area contributed by atoms with E-state index in [1.54, 1.807) is 40.7 Å². The summed E-state index contributed by atoms with van der Waals surface area (Å²) in [7, 11) is 1.26. The maximum atomic E-state index is 13.5. The van der Waals surface area contributed by atoms with Gasteiger partial charge in [-0.25, -0.2) is 4.79 Å². The summed E-state index contributed by atoms with van der Waals surface area (Å²) in [5.41, 5.74) is -6.87. The molecule has 2 N–H and O–H groups in total. The molecule has 4 heterocycles. The van der Waals surface area contributed by atoms with Gasteiger partial charge in [-0.3, -0.25) is 14.4 Å². The summed E-state index contributed by atoms with van der Waals surface area (Å²) in [4.78, 5) is 52.5. The smallest absolute Gasteiger partial charge is 0.331 e. The first-order valence-electron chi connectivity index (χ1n) is 15.4. The highest BCUT2D eigenvalue weighted by molar-refractivity contribution is 5.86. The number of carbonyl (C=O) groups excluding carboxylic acids is 4. The summed E-state index contributed by atoms with van der Waals surface area (Å²) in [6.07, 6.45) is 0.927. The number of cyclic esters (lactones) is 1. The molecule has 12 nitrogen and oxygen atoms in total. The molecule has 1 spiro atoms. The Kier molecular flexibility index (Phi) is 6.81. The zero-order valence-electron chi connectivity index (χ0n) is 26.9. The Morgan fingerprint density at radius 3 is 2.36 bits per heavy atom. The molecule has 6 rings (SSSR count). The second-order valence-corrected chi connectivity index (χ2v) is 14.7. The third-order valence-corrected chi connectivity index (χ3v) is 11.8. The Bertz CT molecular complexity index is 1480. The van der Waals surface area contributed by atoms with Crippen molar-refractivity contribution >= 4 is 23.9 Å². The lowest BCUT2D eigenvalue weighted by molar-refractivity contribution is -0.385. The summed E-state index contributed by atoms with van der Waals surface area (Å²) in [5, 5.41) is 26.1. The third kappa shape index (κ3) is 3.64. The molecule has 10 atom stereocenters. The first-order valence-corrected chi connectivity index (χ1v) is 15.4. The average molecular weight is 631 g/mol. The van der Waals surface area contributed by atoms with Gasteiger partial charge in [-0.1, -0.05) is 41.5 Å². The summed E-state index contributed by atoms with van der Waals surface area (Å²) in [6.45, 7) is 11.6. The highest BCUT2D eigenvalue weighted by atomic mass is 16.7. The van der Waals surface area contributed by atoms with E-state index in [1.165, 1.54) is 32.6 Å². The Balaban J connectivity index is 1.67. The van der Waals surface area contributed by atoms with E-state index in [0.717, 1.165) is 0 Å². The number of rotatable bonds is 6. The number of esters is 4. The monoisotopic (exact) mass is 630 g/mol. The van der Waals surface area contributed by atoms with Crippen molar-refractivity contribution in [1.82, 2.24) is 0 Å². The zero-order chi connectivity index (χ0) is 33.1. The van der Waals surface area contributed by atoms with Gasteiger partial charge in [0.1, 0.15) is 17.8 Å². The Morgan fingerprint density at radius 1 is 1.09 bits per heavy atom. The molecule has 2 saturated carbocycles. The number of hydrogen-bond donors (Lipinski definition) is 2. The van der Waals surface area contributed by atoms with E-state index in [1.807, 2.05) is 6.92 Å². The fraction of sp³-hybridized carbons (Fsp3) is 0.697. The normalized spacial score (nSPS) is 43.9. The maximum Gasteiger partial charge on any atom is 0.331 e. The van der Waals surface area contributed by atoms with Crippen LogP contribution in [0.4, 0.5) is 0 Å². The number of fused-ring (bicyclic) bond motifs is 2. The number of methoxy groups -OCH3 is 1. The van der Waals surface area contributed by atoms with Crippen molar-refractivity contribution in [1.29, 1.82) is 0 Å². The van der Waals surface area contributed by atoms with Crippen LogP contribution in [-0.2, 0) is 42.9 Å². The van der Waals surface area contributed by atoms with Gasteiger partial charge in [0.15, 0.2) is 11.7 Å². The minimum absolute atomic E-state index is 0.196. The Hall–Kier alpha value is -3.22. The van der Waals surface area contributed by atoms with E-state index in [9.17, 15) is 29.4 Å². The van der Waals surface area contributed by atoms with Gasteiger partial charge in [0, 0.05) is 47.1 Å². The molecular formula is C33H42O12. The van der Waals surface area contributed by atoms with Crippen LogP contribution >= 0.6 is 0 Å². The largest absolute Gasteiger partial charge is 0.472 e. The van der Waals surface area contributed by atoms with Crippen LogP contribution in [-0.4, -0.2) is 70.4 Å². The van der Waals surface area contributed by atoms with Crippen molar-refractivity contribution in [2.75, 3.05) is 7.11 Å². The topological polar surface area (TPSA) is 168 Å². The van der Waals surface area contributed by atoms with Crippen LogP contribution in [0.5, 0.6) is 0 Å². The molecule has 246 valence electrons. The minimum Gasteiger partial charge on any atom is -0.472 e. The molecular weight excluding hydrogens is 588 g/mol. The van der Waals surface area contributed by atoms with Gasteiger partial charge in [0.05, 0.1) is 25.6 Å². The molecule has 45 heavy (non-hydrogen) atoms. The van der Waals surface area contributed by atoms with Gasteiger partial charge in [0.2, 0.25) is 5.79 Å². The van der Waals surface area contributed by atoms with Crippen LogP contribution in [0.1, 0.15) is 79.4 Å². The maximum absolute atomic E-state index is 13.5. The molecule has 12 heteroatoms. The Morgan fingerprint density at radius 2 is 1.78 bits per heavy atom. The second-order valence-electron chi connectivity index (χ2n) is 14.7. The summed E-state index contributed by atoms with van der Waals surface area (Å²) >= 11 is 0. The SMILES string of the molecule is COC(=O)C[C@H]1C(C)(C)[C@H](OC(C)=O)[C@]2(O)C(OC(=O)C(C)C)C34O[C@]2(O)[C@]1(C)[C@H]3CC[C@]1(C)C4=CC(=O)O[C@H]1c1ccoc1. The molecule has 1 aromatic rings. The fourth-order valence-corrected chi connectivity index (χ4v) is 9.97. The van der Waals surface area contributed by atoms with Crippen LogP contribution in [0.2, 0.25) is 0 Å². The first-order chi connectivity index (χ1) is 20.9. The molecule has 0 aromatic carbocycles. The summed E-state index contributed by atoms with van der Waals surface area (Å²) in [6, 6.07) is 1.70. The molecule has 4 fully saturated rings. The first kappa shape index (κ1) is 31.7. The van der Waals surface area contributed by atoms with E-state index in [-0.39, 0.29) is 6.42 Å². The number of hydrogen-bond acceptors (Lipinski definition) is 12. The van der Waals surface area contributed by atoms with Gasteiger partial charge in [-0.15, -0.1) is 0 Å². The lowest BCUT2D eigenvalue weighted by atomic mass is 9.36. The number of aliphatic hydroxyl groups is 2. The zero-order valence-corrected chi connectivity index (χ0v) is 26.9. The standard InChI is InChI=1S/C33H42O12/c1-16(2)25(37)44-27-31-19(9-11-29(6)21(31)14-23(36)43-24(29)18-10-12-41-15-18)30(7)20(13-22(35)40-8)28(4,5)26(42-17(3)34)32(27,38)33(30,39)45-31/h10,12,14-16,19-20,24,26-27,38-39H,9,11,13H2,1-8H3/t19-,20+,24+,26+,27?,29-,30-,31?,32+,33-/m1/s1.